The van der Waals surface area contributed by atoms with Crippen molar-refractivity contribution < 1.29 is 9.47 Å². The van der Waals surface area contributed by atoms with Gasteiger partial charge in [-0.25, -0.2) is 0 Å². The Morgan fingerprint density at radius 3 is 2.65 bits per heavy atom. The van der Waals surface area contributed by atoms with Crippen molar-refractivity contribution in [2.24, 2.45) is 10.7 Å². The summed E-state index contributed by atoms with van der Waals surface area (Å²) in [6, 6.07) is 0. The summed E-state index contributed by atoms with van der Waals surface area (Å²) < 4.78 is 11.5. The second-order valence-electron chi connectivity index (χ2n) is 4.66. The van der Waals surface area contributed by atoms with Crippen LogP contribution >= 0.6 is 0 Å². The van der Waals surface area contributed by atoms with E-state index in [1.807, 2.05) is 27.7 Å². The number of rotatable bonds is 3. The van der Waals surface area contributed by atoms with Crippen molar-refractivity contribution in [1.29, 1.82) is 0 Å². The Labute approximate surface area is 103 Å². The molecule has 96 valence electrons. The van der Waals surface area contributed by atoms with Crippen molar-refractivity contribution in [2.75, 3.05) is 13.2 Å². The molecule has 0 atom stereocenters. The molecule has 0 radical (unpaired) electrons. The van der Waals surface area contributed by atoms with Crippen LogP contribution in [0.25, 0.3) is 0 Å². The maximum Gasteiger partial charge on any atom is 0.205 e. The summed E-state index contributed by atoms with van der Waals surface area (Å²) in [5, 5.41) is 0. The van der Waals surface area contributed by atoms with E-state index in [4.69, 9.17) is 15.2 Å². The lowest BCUT2D eigenvalue weighted by molar-refractivity contribution is -0.202. The van der Waals surface area contributed by atoms with Gasteiger partial charge in [0.15, 0.2) is 0 Å². The molecule has 0 spiro atoms. The Balaban J connectivity index is 3.14. The van der Waals surface area contributed by atoms with E-state index in [0.29, 0.717) is 13.2 Å². The van der Waals surface area contributed by atoms with Crippen LogP contribution < -0.4 is 5.73 Å². The number of hydrogen-bond donors (Lipinski definition) is 1. The minimum absolute atomic E-state index is 0.529. The van der Waals surface area contributed by atoms with Crippen molar-refractivity contribution in [1.82, 2.24) is 0 Å². The summed E-state index contributed by atoms with van der Waals surface area (Å²) >= 11 is 0. The maximum atomic E-state index is 5.83. The maximum absolute atomic E-state index is 5.83. The zero-order valence-corrected chi connectivity index (χ0v) is 11.2. The van der Waals surface area contributed by atoms with Gasteiger partial charge < -0.3 is 15.2 Å². The fourth-order valence-corrected chi connectivity index (χ4v) is 1.70. The van der Waals surface area contributed by atoms with Crippen molar-refractivity contribution in [3.8, 4) is 0 Å². The molecular weight excluding hydrogens is 216 g/mol. The highest BCUT2D eigenvalue weighted by Gasteiger charge is 2.31. The first kappa shape index (κ1) is 13.9. The quantitative estimate of drug-likeness (QED) is 0.768. The summed E-state index contributed by atoms with van der Waals surface area (Å²) in [6.45, 7) is 12.4. The minimum atomic E-state index is -0.617. The number of aliphatic imine (C=N–C) groups is 1. The second kappa shape index (κ2) is 5.47. The molecule has 2 N–H and O–H groups in total. The third-order valence-corrected chi connectivity index (χ3v) is 2.79. The van der Waals surface area contributed by atoms with Gasteiger partial charge in [-0.05, 0) is 33.5 Å². The first-order chi connectivity index (χ1) is 7.91. The lowest BCUT2D eigenvalue weighted by Crippen LogP contribution is -2.35. The van der Waals surface area contributed by atoms with Crippen LogP contribution in [0, 0.1) is 0 Å². The van der Waals surface area contributed by atoms with E-state index in [9.17, 15) is 0 Å². The molecule has 1 rings (SSSR count). The molecule has 0 aliphatic carbocycles. The van der Waals surface area contributed by atoms with Gasteiger partial charge in [-0.3, -0.25) is 4.99 Å². The molecule has 4 nitrogen and oxygen atoms in total. The molecule has 1 heterocycles. The summed E-state index contributed by atoms with van der Waals surface area (Å²) in [5.41, 5.74) is 8.58. The highest BCUT2D eigenvalue weighted by Crippen LogP contribution is 2.33. The molecule has 1 fully saturated rings. The smallest absolute Gasteiger partial charge is 0.205 e. The van der Waals surface area contributed by atoms with Crippen molar-refractivity contribution in [3.63, 3.8) is 0 Å². The van der Waals surface area contributed by atoms with E-state index in [-0.39, 0.29) is 0 Å². The van der Waals surface area contributed by atoms with Crippen LogP contribution in [0.3, 0.4) is 0 Å². The van der Waals surface area contributed by atoms with Crippen molar-refractivity contribution in [2.45, 2.75) is 39.9 Å². The van der Waals surface area contributed by atoms with Crippen LogP contribution in [-0.4, -0.2) is 25.7 Å². The summed E-state index contributed by atoms with van der Waals surface area (Å²) in [4.78, 5) is 3.95. The third-order valence-electron chi connectivity index (χ3n) is 2.79. The van der Waals surface area contributed by atoms with E-state index >= 15 is 0 Å². The monoisotopic (exact) mass is 238 g/mol. The summed E-state index contributed by atoms with van der Waals surface area (Å²) in [6.07, 6.45) is 0.830. The van der Waals surface area contributed by atoms with Crippen LogP contribution in [-0.2, 0) is 9.47 Å². The molecule has 0 saturated carbocycles. The normalized spacial score (nSPS) is 25.0. The lowest BCUT2D eigenvalue weighted by atomic mass is 10.0. The average Bonchev–Trinajstić information content (AvgIpc) is 2.27. The first-order valence-electron chi connectivity index (χ1n) is 5.81. The molecule has 0 bridgehead atoms. The Morgan fingerprint density at radius 1 is 1.47 bits per heavy atom. The van der Waals surface area contributed by atoms with Crippen molar-refractivity contribution >= 4 is 6.72 Å². The zero-order valence-electron chi connectivity index (χ0n) is 11.2. The second-order valence-corrected chi connectivity index (χ2v) is 4.66. The lowest BCUT2D eigenvalue weighted by Gasteiger charge is -2.35. The molecular formula is C13H22N2O2. The fourth-order valence-electron chi connectivity index (χ4n) is 1.70. The van der Waals surface area contributed by atoms with Crippen LogP contribution in [0.15, 0.2) is 27.6 Å². The number of nitrogens with zero attached hydrogens (tertiary/aromatic N) is 1. The van der Waals surface area contributed by atoms with Gasteiger partial charge in [-0.15, -0.1) is 0 Å². The van der Waals surface area contributed by atoms with Crippen LogP contribution in [0.1, 0.15) is 34.1 Å². The highest BCUT2D eigenvalue weighted by atomic mass is 16.7. The number of allylic oxidation sites excluding steroid dienone is 1. The van der Waals surface area contributed by atoms with Gasteiger partial charge in [-0.1, -0.05) is 5.57 Å². The fraction of sp³-hybridized carbons (Fsp3) is 0.615. The Hall–Kier alpha value is -1.13. The predicted molar refractivity (Wildman–Crippen MR) is 69.7 cm³/mol. The number of ether oxygens (including phenoxy) is 2. The topological polar surface area (TPSA) is 56.8 Å². The molecule has 0 aromatic heterocycles. The van der Waals surface area contributed by atoms with Gasteiger partial charge in [-0.2, -0.15) is 0 Å². The van der Waals surface area contributed by atoms with Gasteiger partial charge in [0.1, 0.15) is 5.76 Å². The van der Waals surface area contributed by atoms with E-state index in [1.54, 1.807) is 0 Å². The Bertz CT molecular complexity index is 368. The van der Waals surface area contributed by atoms with E-state index in [1.165, 1.54) is 5.57 Å². The molecule has 0 unspecified atom stereocenters. The largest absolute Gasteiger partial charge is 0.461 e. The molecule has 1 aliphatic rings. The van der Waals surface area contributed by atoms with Gasteiger partial charge in [0.25, 0.3) is 0 Å². The average molecular weight is 238 g/mol. The molecule has 17 heavy (non-hydrogen) atoms. The van der Waals surface area contributed by atoms with Crippen LogP contribution in [0.4, 0.5) is 0 Å². The minimum Gasteiger partial charge on any atom is -0.461 e. The molecule has 0 aromatic rings. The van der Waals surface area contributed by atoms with Crippen molar-refractivity contribution in [3.05, 3.63) is 22.6 Å². The van der Waals surface area contributed by atoms with Crippen LogP contribution in [0.5, 0.6) is 0 Å². The van der Waals surface area contributed by atoms with Gasteiger partial charge >= 0.3 is 0 Å². The van der Waals surface area contributed by atoms with Gasteiger partial charge in [0.05, 0.1) is 12.3 Å². The standard InChI is InChI=1S/C13H22N2O2/c1-9(6-7-14)11-8-16-13(3,4)17-12(11)10(2)15-5/h5-8,14H2,1-4H3/b11-9+,12-10+. The van der Waals surface area contributed by atoms with Gasteiger partial charge in [0, 0.05) is 19.4 Å². The number of nitrogens with two attached hydrogens (primary N) is 1. The summed E-state index contributed by atoms with van der Waals surface area (Å²) in [7, 11) is 0. The summed E-state index contributed by atoms with van der Waals surface area (Å²) in [5.74, 6) is 0.163. The third kappa shape index (κ3) is 3.41. The van der Waals surface area contributed by atoms with Gasteiger partial charge in [0.2, 0.25) is 5.79 Å². The molecule has 0 amide bonds. The van der Waals surface area contributed by atoms with E-state index in [0.717, 1.165) is 23.5 Å². The molecule has 4 heteroatoms. The molecule has 1 saturated heterocycles. The SMILES string of the molecule is C=N/C(C)=C1/OC(C)(C)OC/C1=C(/C)CCN. The van der Waals surface area contributed by atoms with E-state index < -0.39 is 5.79 Å². The molecule has 1 aliphatic heterocycles. The van der Waals surface area contributed by atoms with E-state index in [2.05, 4.69) is 11.7 Å². The predicted octanol–water partition coefficient (Wildman–Crippen LogP) is 2.37. The van der Waals surface area contributed by atoms with Crippen LogP contribution in [0.2, 0.25) is 0 Å². The number of hydrogen-bond acceptors (Lipinski definition) is 4. The molecule has 0 aromatic carbocycles. The first-order valence-corrected chi connectivity index (χ1v) is 5.81. The highest BCUT2D eigenvalue weighted by molar-refractivity contribution is 5.39. The zero-order chi connectivity index (χ0) is 13.1. The Morgan fingerprint density at radius 2 is 2.12 bits per heavy atom. The Kier molecular flexibility index (Phi) is 4.48.